The molecule has 4 heteroatoms. The summed E-state index contributed by atoms with van der Waals surface area (Å²) in [6.07, 6.45) is 8.43. The summed E-state index contributed by atoms with van der Waals surface area (Å²) >= 11 is 0. The number of anilines is 1. The summed E-state index contributed by atoms with van der Waals surface area (Å²) in [5.74, 6) is 0.577. The Morgan fingerprint density at radius 1 is 1.16 bits per heavy atom. The number of amides is 1. The van der Waals surface area contributed by atoms with Crippen LogP contribution in [0, 0.1) is 0 Å². The quantitative estimate of drug-likeness (QED) is 0.791. The fraction of sp³-hybridized carbons (Fsp3) is 0.333. The summed E-state index contributed by atoms with van der Waals surface area (Å²) in [5.41, 5.74) is 1.35. The van der Waals surface area contributed by atoms with Gasteiger partial charge in [0.2, 0.25) is 11.8 Å². The zero-order valence-electron chi connectivity index (χ0n) is 14.4. The number of benzene rings is 1. The highest BCUT2D eigenvalue weighted by Crippen LogP contribution is 2.40. The minimum atomic E-state index is -0.447. The number of carbonyl (C=O) groups excluding carboxylic acids is 1. The molecule has 2 aromatic rings. The van der Waals surface area contributed by atoms with Gasteiger partial charge < -0.3 is 10.1 Å². The van der Waals surface area contributed by atoms with E-state index in [1.165, 1.54) is 6.42 Å². The van der Waals surface area contributed by atoms with E-state index in [2.05, 4.69) is 29.0 Å². The summed E-state index contributed by atoms with van der Waals surface area (Å²) in [6.45, 7) is 4.02. The first-order valence-electron chi connectivity index (χ1n) is 8.81. The third-order valence-corrected chi connectivity index (χ3v) is 4.81. The maximum atomic E-state index is 13.2. The highest BCUT2D eigenvalue weighted by molar-refractivity contribution is 5.99. The molecular formula is C21H24N2O2. The van der Waals surface area contributed by atoms with Gasteiger partial charge in [-0.15, -0.1) is 0 Å². The first-order valence-corrected chi connectivity index (χ1v) is 8.81. The molecule has 1 aromatic heterocycles. The van der Waals surface area contributed by atoms with Gasteiger partial charge in [-0.05, 0) is 24.5 Å². The summed E-state index contributed by atoms with van der Waals surface area (Å²) < 4.78 is 5.38. The van der Waals surface area contributed by atoms with Crippen LogP contribution >= 0.6 is 0 Å². The Morgan fingerprint density at radius 3 is 2.56 bits per heavy atom. The molecule has 1 aliphatic carbocycles. The standard InChI is InChI=1S/C21H24N2O2/c1-2-15-25-19-12-11-18(16-22-19)23-20(24)21(13-7-4-8-14-21)17-9-5-3-6-10-17/h2-3,5-6,9-12,16H,1,4,7-8,13-15H2,(H,23,24). The molecule has 130 valence electrons. The smallest absolute Gasteiger partial charge is 0.235 e. The van der Waals surface area contributed by atoms with Crippen molar-refractivity contribution in [3.63, 3.8) is 0 Å². The van der Waals surface area contributed by atoms with Gasteiger partial charge in [0.15, 0.2) is 0 Å². The lowest BCUT2D eigenvalue weighted by molar-refractivity contribution is -0.122. The first-order chi connectivity index (χ1) is 12.2. The van der Waals surface area contributed by atoms with Crippen LogP contribution in [0.25, 0.3) is 0 Å². The molecule has 1 amide bonds. The molecule has 4 nitrogen and oxygen atoms in total. The zero-order valence-corrected chi connectivity index (χ0v) is 14.4. The minimum absolute atomic E-state index is 0.0555. The maximum absolute atomic E-state index is 13.2. The van der Waals surface area contributed by atoms with Crippen LogP contribution in [-0.2, 0) is 10.2 Å². The molecular weight excluding hydrogens is 312 g/mol. The normalized spacial score (nSPS) is 16.0. The van der Waals surface area contributed by atoms with Gasteiger partial charge in [-0.3, -0.25) is 4.79 Å². The van der Waals surface area contributed by atoms with Crippen molar-refractivity contribution in [1.82, 2.24) is 4.98 Å². The molecule has 1 saturated carbocycles. The topological polar surface area (TPSA) is 51.2 Å². The van der Waals surface area contributed by atoms with E-state index in [0.29, 0.717) is 18.2 Å². The van der Waals surface area contributed by atoms with E-state index in [1.54, 1.807) is 18.3 Å². The van der Waals surface area contributed by atoms with E-state index in [1.807, 2.05) is 24.3 Å². The SMILES string of the molecule is C=CCOc1ccc(NC(=O)C2(c3ccccc3)CCCCC2)cn1. The van der Waals surface area contributed by atoms with Crippen molar-refractivity contribution in [3.05, 3.63) is 66.9 Å². The van der Waals surface area contributed by atoms with Gasteiger partial charge in [0.25, 0.3) is 0 Å². The van der Waals surface area contributed by atoms with E-state index in [-0.39, 0.29) is 5.91 Å². The monoisotopic (exact) mass is 336 g/mol. The number of hydrogen-bond acceptors (Lipinski definition) is 3. The predicted octanol–water partition coefficient (Wildman–Crippen LogP) is 4.49. The lowest BCUT2D eigenvalue weighted by Gasteiger charge is -2.36. The largest absolute Gasteiger partial charge is 0.473 e. The first kappa shape index (κ1) is 17.2. The number of nitrogens with zero attached hydrogens (tertiary/aromatic N) is 1. The Labute approximate surface area is 148 Å². The van der Waals surface area contributed by atoms with Gasteiger partial charge in [-0.25, -0.2) is 4.98 Å². The second kappa shape index (κ2) is 7.97. The maximum Gasteiger partial charge on any atom is 0.235 e. The van der Waals surface area contributed by atoms with Crippen LogP contribution in [0.2, 0.25) is 0 Å². The second-order valence-electron chi connectivity index (χ2n) is 6.45. The van der Waals surface area contributed by atoms with E-state index in [4.69, 9.17) is 4.74 Å². The van der Waals surface area contributed by atoms with E-state index < -0.39 is 5.41 Å². The van der Waals surface area contributed by atoms with Crippen molar-refractivity contribution in [1.29, 1.82) is 0 Å². The molecule has 1 N–H and O–H groups in total. The van der Waals surface area contributed by atoms with E-state index >= 15 is 0 Å². The Hall–Kier alpha value is -2.62. The number of ether oxygens (including phenoxy) is 1. The number of nitrogens with one attached hydrogen (secondary N) is 1. The molecule has 1 heterocycles. The van der Waals surface area contributed by atoms with Gasteiger partial charge in [0.1, 0.15) is 6.61 Å². The van der Waals surface area contributed by atoms with Gasteiger partial charge >= 0.3 is 0 Å². The fourth-order valence-electron chi connectivity index (χ4n) is 3.49. The second-order valence-corrected chi connectivity index (χ2v) is 6.45. The highest BCUT2D eigenvalue weighted by atomic mass is 16.5. The predicted molar refractivity (Wildman–Crippen MR) is 99.8 cm³/mol. The van der Waals surface area contributed by atoms with Crippen molar-refractivity contribution in [2.24, 2.45) is 0 Å². The minimum Gasteiger partial charge on any atom is -0.473 e. The number of rotatable bonds is 6. The Bertz CT molecular complexity index is 704. The Morgan fingerprint density at radius 2 is 1.92 bits per heavy atom. The molecule has 0 bridgehead atoms. The van der Waals surface area contributed by atoms with Crippen LogP contribution < -0.4 is 10.1 Å². The molecule has 3 rings (SSSR count). The molecule has 1 aliphatic rings. The third kappa shape index (κ3) is 3.90. The van der Waals surface area contributed by atoms with Crippen LogP contribution in [0.4, 0.5) is 5.69 Å². The highest BCUT2D eigenvalue weighted by Gasteiger charge is 2.41. The van der Waals surface area contributed by atoms with Crippen LogP contribution in [0.3, 0.4) is 0 Å². The van der Waals surface area contributed by atoms with Crippen LogP contribution in [-0.4, -0.2) is 17.5 Å². The number of pyridine rings is 1. The summed E-state index contributed by atoms with van der Waals surface area (Å²) in [6, 6.07) is 13.7. The average molecular weight is 336 g/mol. The molecule has 1 aromatic carbocycles. The molecule has 0 unspecified atom stereocenters. The van der Waals surface area contributed by atoms with Crippen LogP contribution in [0.5, 0.6) is 5.88 Å². The molecule has 0 radical (unpaired) electrons. The summed E-state index contributed by atoms with van der Waals surface area (Å²) in [4.78, 5) is 17.4. The molecule has 0 spiro atoms. The lowest BCUT2D eigenvalue weighted by Crippen LogP contribution is -2.42. The number of hydrogen-bond donors (Lipinski definition) is 1. The van der Waals surface area contributed by atoms with Crippen molar-refractivity contribution in [2.75, 3.05) is 11.9 Å². The lowest BCUT2D eigenvalue weighted by atomic mass is 9.68. The van der Waals surface area contributed by atoms with Gasteiger partial charge in [0.05, 0.1) is 17.3 Å². The van der Waals surface area contributed by atoms with Crippen molar-refractivity contribution < 1.29 is 9.53 Å². The average Bonchev–Trinajstić information content (AvgIpc) is 2.68. The zero-order chi connectivity index (χ0) is 17.5. The molecule has 0 aliphatic heterocycles. The number of aromatic nitrogens is 1. The molecule has 0 saturated heterocycles. The third-order valence-electron chi connectivity index (χ3n) is 4.81. The Kier molecular flexibility index (Phi) is 5.49. The summed E-state index contributed by atoms with van der Waals surface area (Å²) in [7, 11) is 0. The van der Waals surface area contributed by atoms with Gasteiger partial charge in [0, 0.05) is 6.07 Å². The van der Waals surface area contributed by atoms with E-state index in [0.717, 1.165) is 31.2 Å². The molecule has 0 atom stereocenters. The van der Waals surface area contributed by atoms with Crippen molar-refractivity contribution in [2.45, 2.75) is 37.5 Å². The number of carbonyl (C=O) groups is 1. The van der Waals surface area contributed by atoms with Crippen LogP contribution in [0.15, 0.2) is 61.3 Å². The van der Waals surface area contributed by atoms with Gasteiger partial charge in [-0.2, -0.15) is 0 Å². The van der Waals surface area contributed by atoms with Crippen LogP contribution in [0.1, 0.15) is 37.7 Å². The van der Waals surface area contributed by atoms with Crippen molar-refractivity contribution in [3.8, 4) is 5.88 Å². The molecule has 1 fully saturated rings. The van der Waals surface area contributed by atoms with E-state index in [9.17, 15) is 4.79 Å². The summed E-state index contributed by atoms with van der Waals surface area (Å²) in [5, 5.41) is 3.06. The van der Waals surface area contributed by atoms with Crippen molar-refractivity contribution >= 4 is 11.6 Å². The van der Waals surface area contributed by atoms with Gasteiger partial charge in [-0.1, -0.05) is 62.2 Å². The Balaban J connectivity index is 1.78. The molecule has 25 heavy (non-hydrogen) atoms. The fourth-order valence-corrected chi connectivity index (χ4v) is 3.49.